The number of hydrogen-bond acceptors (Lipinski definition) is 3. The molecule has 1 aliphatic heterocycles. The Balaban J connectivity index is 2.91. The van der Waals surface area contributed by atoms with Gasteiger partial charge in [-0.3, -0.25) is 14.6 Å². The molecule has 5 nitrogen and oxygen atoms in total. The molecule has 0 aliphatic carbocycles. The van der Waals surface area contributed by atoms with Gasteiger partial charge in [-0.05, 0) is 0 Å². The van der Waals surface area contributed by atoms with Gasteiger partial charge in [-0.25, -0.2) is 4.79 Å². The first-order valence-electron chi connectivity index (χ1n) is 3.33. The lowest BCUT2D eigenvalue weighted by Crippen LogP contribution is -2.59. The van der Waals surface area contributed by atoms with Gasteiger partial charge < -0.3 is 5.11 Å². The van der Waals surface area contributed by atoms with Crippen molar-refractivity contribution in [1.82, 2.24) is 9.80 Å². The number of halogens is 1. The summed E-state index contributed by atoms with van der Waals surface area (Å²) in [5.74, 6) is -0.577. The van der Waals surface area contributed by atoms with Crippen molar-refractivity contribution in [3.63, 3.8) is 0 Å². The fraction of sp³-hybridized carbons (Fsp3) is 0.667. The maximum atomic E-state index is 11.1. The van der Waals surface area contributed by atoms with Gasteiger partial charge in [0.15, 0.2) is 11.6 Å². The number of rotatable bonds is 0. The zero-order chi connectivity index (χ0) is 9.46. The molecule has 0 bridgehead atoms. The summed E-state index contributed by atoms with van der Waals surface area (Å²) in [5.41, 5.74) is 0. The molecule has 0 spiro atoms. The zero-order valence-electron chi connectivity index (χ0n) is 6.69. The van der Waals surface area contributed by atoms with E-state index in [1.165, 1.54) is 14.1 Å². The highest BCUT2D eigenvalue weighted by Gasteiger charge is 2.40. The van der Waals surface area contributed by atoms with Crippen LogP contribution in [0.3, 0.4) is 0 Å². The molecule has 6 heteroatoms. The molecule has 1 rings (SSSR count). The first kappa shape index (κ1) is 9.28. The highest BCUT2D eigenvalue weighted by atomic mass is 35.5. The van der Waals surface area contributed by atoms with Gasteiger partial charge in [0.2, 0.25) is 0 Å². The smallest absolute Gasteiger partial charge is 0.328 e. The number of carbonyl (C=O) groups excluding carboxylic acids is 2. The van der Waals surface area contributed by atoms with E-state index in [9.17, 15) is 14.7 Å². The van der Waals surface area contributed by atoms with Crippen molar-refractivity contribution in [2.24, 2.45) is 0 Å². The van der Waals surface area contributed by atoms with Crippen molar-refractivity contribution in [2.75, 3.05) is 14.1 Å². The number of aliphatic hydroxyl groups is 1. The van der Waals surface area contributed by atoms with E-state index in [4.69, 9.17) is 11.6 Å². The topological polar surface area (TPSA) is 60.9 Å². The minimum atomic E-state index is -1.23. The van der Waals surface area contributed by atoms with Crippen molar-refractivity contribution in [1.29, 1.82) is 0 Å². The van der Waals surface area contributed by atoms with E-state index in [1.54, 1.807) is 0 Å². The third kappa shape index (κ3) is 1.15. The number of imide groups is 1. The summed E-state index contributed by atoms with van der Waals surface area (Å²) in [6.45, 7) is 0. The Bertz CT molecular complexity index is 211. The standard InChI is InChI=1S/C6H9ClN2O3/c1-8-4(10)3(7)5(11)9(2)6(8)12/h3-4,10H,1-2H3. The number of hydrogen-bond donors (Lipinski definition) is 1. The third-order valence-corrected chi connectivity index (χ3v) is 2.23. The molecule has 0 aromatic carbocycles. The summed E-state index contributed by atoms with van der Waals surface area (Å²) >= 11 is 5.54. The summed E-state index contributed by atoms with van der Waals surface area (Å²) in [6.07, 6.45) is -1.23. The van der Waals surface area contributed by atoms with E-state index >= 15 is 0 Å². The third-order valence-electron chi connectivity index (χ3n) is 1.81. The minimum absolute atomic E-state index is 0.551. The van der Waals surface area contributed by atoms with Crippen LogP contribution in [0.2, 0.25) is 0 Å². The lowest BCUT2D eigenvalue weighted by atomic mass is 10.2. The minimum Gasteiger partial charge on any atom is -0.371 e. The van der Waals surface area contributed by atoms with Crippen LogP contribution in [-0.4, -0.2) is 52.5 Å². The van der Waals surface area contributed by atoms with Gasteiger partial charge in [0, 0.05) is 14.1 Å². The Hall–Kier alpha value is -0.810. The molecule has 2 unspecified atom stereocenters. The molecular formula is C6H9ClN2O3. The summed E-state index contributed by atoms with van der Waals surface area (Å²) in [7, 11) is 2.70. The van der Waals surface area contributed by atoms with E-state index in [0.717, 1.165) is 9.80 Å². The zero-order valence-corrected chi connectivity index (χ0v) is 7.45. The van der Waals surface area contributed by atoms with Crippen molar-refractivity contribution in [2.45, 2.75) is 11.6 Å². The number of nitrogens with zero attached hydrogens (tertiary/aromatic N) is 2. The van der Waals surface area contributed by atoms with E-state index in [-0.39, 0.29) is 0 Å². The van der Waals surface area contributed by atoms with Crippen LogP contribution in [0.15, 0.2) is 0 Å². The van der Waals surface area contributed by atoms with Crippen LogP contribution in [0.5, 0.6) is 0 Å². The van der Waals surface area contributed by atoms with Gasteiger partial charge in [-0.1, -0.05) is 0 Å². The largest absolute Gasteiger partial charge is 0.371 e. The molecule has 1 N–H and O–H groups in total. The number of urea groups is 1. The maximum Gasteiger partial charge on any atom is 0.328 e. The number of alkyl halides is 1. The highest BCUT2D eigenvalue weighted by molar-refractivity contribution is 6.33. The van der Waals surface area contributed by atoms with Crippen molar-refractivity contribution >= 4 is 23.5 Å². The number of carbonyl (C=O) groups is 2. The summed E-state index contributed by atoms with van der Waals surface area (Å²) < 4.78 is 0. The quantitative estimate of drug-likeness (QED) is 0.524. The number of aliphatic hydroxyl groups excluding tert-OH is 1. The summed E-state index contributed by atoms with van der Waals surface area (Å²) in [4.78, 5) is 24.1. The molecule has 1 aliphatic rings. The molecule has 0 aromatic heterocycles. The molecule has 1 heterocycles. The summed E-state index contributed by atoms with van der Waals surface area (Å²) in [6, 6.07) is -0.551. The lowest BCUT2D eigenvalue weighted by molar-refractivity contribution is -0.135. The van der Waals surface area contributed by atoms with Gasteiger partial charge >= 0.3 is 6.03 Å². The van der Waals surface area contributed by atoms with E-state index < -0.39 is 23.5 Å². The summed E-state index contributed by atoms with van der Waals surface area (Å²) in [5, 5.41) is 8.16. The predicted molar refractivity (Wildman–Crippen MR) is 41.6 cm³/mol. The predicted octanol–water partition coefficient (Wildman–Crippen LogP) is -0.564. The van der Waals surface area contributed by atoms with Crippen LogP contribution >= 0.6 is 11.6 Å². The van der Waals surface area contributed by atoms with Gasteiger partial charge in [0.05, 0.1) is 0 Å². The second-order valence-corrected chi connectivity index (χ2v) is 3.08. The van der Waals surface area contributed by atoms with Gasteiger partial charge in [-0.2, -0.15) is 0 Å². The van der Waals surface area contributed by atoms with Crippen LogP contribution in [0.25, 0.3) is 0 Å². The normalized spacial score (nSPS) is 31.3. The van der Waals surface area contributed by atoms with Crippen LogP contribution in [0.1, 0.15) is 0 Å². The average Bonchev–Trinajstić information content (AvgIpc) is 2.08. The first-order chi connectivity index (χ1) is 5.46. The molecule has 0 aromatic rings. The molecule has 12 heavy (non-hydrogen) atoms. The van der Waals surface area contributed by atoms with E-state index in [0.29, 0.717) is 0 Å². The molecule has 0 radical (unpaired) electrons. The molecule has 68 valence electrons. The lowest BCUT2D eigenvalue weighted by Gasteiger charge is -2.35. The highest BCUT2D eigenvalue weighted by Crippen LogP contribution is 2.17. The van der Waals surface area contributed by atoms with Crippen molar-refractivity contribution in [3.8, 4) is 0 Å². The SMILES string of the molecule is CN1C(=O)C(Cl)C(O)N(C)C1=O. The Labute approximate surface area is 74.5 Å². The average molecular weight is 193 g/mol. The molecule has 1 saturated heterocycles. The monoisotopic (exact) mass is 192 g/mol. The van der Waals surface area contributed by atoms with E-state index in [1.807, 2.05) is 0 Å². The molecule has 0 saturated carbocycles. The van der Waals surface area contributed by atoms with Crippen LogP contribution in [-0.2, 0) is 4.79 Å². The van der Waals surface area contributed by atoms with Gasteiger partial charge in [0.1, 0.15) is 0 Å². The van der Waals surface area contributed by atoms with Crippen molar-refractivity contribution < 1.29 is 14.7 Å². The fourth-order valence-electron chi connectivity index (χ4n) is 0.953. The van der Waals surface area contributed by atoms with Gasteiger partial charge in [0.25, 0.3) is 5.91 Å². The molecular weight excluding hydrogens is 184 g/mol. The Kier molecular flexibility index (Phi) is 2.25. The number of amides is 3. The Morgan fingerprint density at radius 1 is 1.42 bits per heavy atom. The Morgan fingerprint density at radius 3 is 2.42 bits per heavy atom. The second kappa shape index (κ2) is 2.91. The van der Waals surface area contributed by atoms with Crippen LogP contribution in [0.4, 0.5) is 4.79 Å². The molecule has 3 amide bonds. The van der Waals surface area contributed by atoms with Crippen molar-refractivity contribution in [3.05, 3.63) is 0 Å². The second-order valence-electron chi connectivity index (χ2n) is 2.61. The first-order valence-corrected chi connectivity index (χ1v) is 3.77. The van der Waals surface area contributed by atoms with Crippen LogP contribution < -0.4 is 0 Å². The van der Waals surface area contributed by atoms with Gasteiger partial charge in [-0.15, -0.1) is 11.6 Å². The molecule has 1 fully saturated rings. The van der Waals surface area contributed by atoms with E-state index in [2.05, 4.69) is 0 Å². The molecule has 2 atom stereocenters. The Morgan fingerprint density at radius 2 is 1.92 bits per heavy atom. The fourth-order valence-corrected chi connectivity index (χ4v) is 1.27. The van der Waals surface area contributed by atoms with Crippen LogP contribution in [0, 0.1) is 0 Å². The maximum absolute atomic E-state index is 11.1.